The Morgan fingerprint density at radius 2 is 1.77 bits per heavy atom. The Morgan fingerprint density at radius 1 is 1.10 bits per heavy atom. The van der Waals surface area contributed by atoms with Gasteiger partial charge in [-0.3, -0.25) is 4.79 Å². The highest BCUT2D eigenvalue weighted by Gasteiger charge is 2.17. The molecular weight excluding hydrogens is 415 g/mol. The van der Waals surface area contributed by atoms with Crippen molar-refractivity contribution >= 4 is 28.6 Å². The number of aryl methyl sites for hydroxylation is 1. The second-order valence-corrected chi connectivity index (χ2v) is 8.64. The third-order valence-corrected chi connectivity index (χ3v) is 6.35. The smallest absolute Gasteiger partial charge is 0.267 e. The van der Waals surface area contributed by atoms with Crippen molar-refractivity contribution in [3.05, 3.63) is 69.9 Å². The average molecular weight is 441 g/mol. The number of anilines is 2. The average Bonchev–Trinajstić information content (AvgIpc) is 3.15. The summed E-state index contributed by atoms with van der Waals surface area (Å²) in [4.78, 5) is 22.4. The van der Waals surface area contributed by atoms with Gasteiger partial charge in [0.05, 0.1) is 5.69 Å². The van der Waals surface area contributed by atoms with Crippen molar-refractivity contribution in [2.45, 2.75) is 13.5 Å². The fourth-order valence-corrected chi connectivity index (χ4v) is 4.28. The Balaban J connectivity index is 1.35. The van der Waals surface area contributed by atoms with Crippen LogP contribution >= 0.6 is 11.3 Å². The molecule has 1 fully saturated rings. The molecule has 0 radical (unpaired) electrons. The molecule has 1 aliphatic heterocycles. The van der Waals surface area contributed by atoms with Gasteiger partial charge in [0.1, 0.15) is 28.1 Å². The summed E-state index contributed by atoms with van der Waals surface area (Å²) in [5.41, 5.74) is 2.58. The van der Waals surface area contributed by atoms with E-state index in [1.54, 1.807) is 12.1 Å². The summed E-state index contributed by atoms with van der Waals surface area (Å²) in [7, 11) is 2.14. The standard InChI is InChI=1S/C23H25FN4O2S/c1-16-22(31-21(25-16)15-30-20-9-3-17(24)4-10-20)23(29)26-18-5-7-19(8-6-18)28-13-11-27(2)12-14-28/h3-10H,11-15H2,1-2H3,(H,26,29). The van der Waals surface area contributed by atoms with Crippen LogP contribution in [0, 0.1) is 12.7 Å². The number of ether oxygens (including phenoxy) is 1. The van der Waals surface area contributed by atoms with Crippen LogP contribution in [0.15, 0.2) is 48.5 Å². The first kappa shape index (κ1) is 21.3. The molecule has 8 heteroatoms. The van der Waals surface area contributed by atoms with Gasteiger partial charge in [-0.05, 0) is 62.5 Å². The lowest BCUT2D eigenvalue weighted by Gasteiger charge is -2.34. The molecule has 4 rings (SSSR count). The lowest BCUT2D eigenvalue weighted by molar-refractivity contribution is 0.103. The number of carbonyl (C=O) groups is 1. The van der Waals surface area contributed by atoms with Crippen molar-refractivity contribution in [1.82, 2.24) is 9.88 Å². The van der Waals surface area contributed by atoms with E-state index in [2.05, 4.69) is 27.1 Å². The van der Waals surface area contributed by atoms with Crippen molar-refractivity contribution in [2.24, 2.45) is 0 Å². The van der Waals surface area contributed by atoms with E-state index in [0.717, 1.165) is 31.9 Å². The van der Waals surface area contributed by atoms with E-state index in [1.807, 2.05) is 31.2 Å². The van der Waals surface area contributed by atoms with Crippen molar-refractivity contribution in [2.75, 3.05) is 43.4 Å². The van der Waals surface area contributed by atoms with E-state index in [1.165, 1.54) is 29.2 Å². The second-order valence-electron chi connectivity index (χ2n) is 7.56. The fraction of sp³-hybridized carbons (Fsp3) is 0.304. The zero-order chi connectivity index (χ0) is 21.8. The van der Waals surface area contributed by atoms with Crippen LogP contribution in [-0.4, -0.2) is 49.0 Å². The van der Waals surface area contributed by atoms with E-state index in [9.17, 15) is 9.18 Å². The SMILES string of the molecule is Cc1nc(COc2ccc(F)cc2)sc1C(=O)Nc1ccc(N2CCN(C)CC2)cc1. The van der Waals surface area contributed by atoms with E-state index in [0.29, 0.717) is 21.3 Å². The largest absolute Gasteiger partial charge is 0.486 e. The molecule has 1 N–H and O–H groups in total. The summed E-state index contributed by atoms with van der Waals surface area (Å²) in [5.74, 6) is 0.0593. The molecule has 1 amide bonds. The highest BCUT2D eigenvalue weighted by molar-refractivity contribution is 7.13. The van der Waals surface area contributed by atoms with E-state index < -0.39 is 0 Å². The molecule has 2 aromatic carbocycles. The van der Waals surface area contributed by atoms with Gasteiger partial charge >= 0.3 is 0 Å². The molecule has 1 saturated heterocycles. The maximum atomic E-state index is 13.0. The Morgan fingerprint density at radius 3 is 2.45 bits per heavy atom. The number of rotatable bonds is 6. The summed E-state index contributed by atoms with van der Waals surface area (Å²) >= 11 is 1.30. The molecule has 0 atom stereocenters. The number of nitrogens with one attached hydrogen (secondary N) is 1. The Labute approximate surface area is 185 Å². The molecule has 31 heavy (non-hydrogen) atoms. The van der Waals surface area contributed by atoms with Gasteiger partial charge in [0.2, 0.25) is 0 Å². The summed E-state index contributed by atoms with van der Waals surface area (Å²) in [6.45, 7) is 6.15. The zero-order valence-corrected chi connectivity index (χ0v) is 18.4. The van der Waals surface area contributed by atoms with Gasteiger partial charge in [0.15, 0.2) is 0 Å². The van der Waals surface area contributed by atoms with Gasteiger partial charge in [-0.2, -0.15) is 0 Å². The second kappa shape index (κ2) is 9.45. The summed E-state index contributed by atoms with van der Waals surface area (Å²) in [5, 5.41) is 3.64. The quantitative estimate of drug-likeness (QED) is 0.623. The molecule has 3 aromatic rings. The third kappa shape index (κ3) is 5.39. The predicted molar refractivity (Wildman–Crippen MR) is 122 cm³/mol. The van der Waals surface area contributed by atoms with Gasteiger partial charge < -0.3 is 19.9 Å². The number of carbonyl (C=O) groups excluding carboxylic acids is 1. The number of hydrogen-bond acceptors (Lipinski definition) is 6. The lowest BCUT2D eigenvalue weighted by atomic mass is 10.2. The molecule has 1 aromatic heterocycles. The first-order valence-electron chi connectivity index (χ1n) is 10.2. The highest BCUT2D eigenvalue weighted by atomic mass is 32.1. The fourth-order valence-electron chi connectivity index (χ4n) is 3.41. The Hall–Kier alpha value is -2.97. The van der Waals surface area contributed by atoms with Crippen molar-refractivity contribution in [3.8, 4) is 5.75 Å². The van der Waals surface area contributed by atoms with E-state index in [-0.39, 0.29) is 18.3 Å². The van der Waals surface area contributed by atoms with Crippen LogP contribution in [0.3, 0.4) is 0 Å². The number of hydrogen-bond donors (Lipinski definition) is 1. The molecule has 0 saturated carbocycles. The molecule has 0 spiro atoms. The van der Waals surface area contributed by atoms with Crippen molar-refractivity contribution in [3.63, 3.8) is 0 Å². The number of thiazole rings is 1. The maximum absolute atomic E-state index is 13.0. The van der Waals surface area contributed by atoms with Crippen LogP contribution in [0.5, 0.6) is 5.75 Å². The molecule has 0 bridgehead atoms. The number of aromatic nitrogens is 1. The minimum Gasteiger partial charge on any atom is -0.486 e. The Bertz CT molecular complexity index is 1030. The number of nitrogens with zero attached hydrogens (tertiary/aromatic N) is 3. The zero-order valence-electron chi connectivity index (χ0n) is 17.6. The number of likely N-dealkylation sites (N-methyl/N-ethyl adjacent to an activating group) is 1. The molecule has 1 aliphatic rings. The highest BCUT2D eigenvalue weighted by Crippen LogP contribution is 2.23. The minimum absolute atomic E-state index is 0.185. The summed E-state index contributed by atoms with van der Waals surface area (Å²) < 4.78 is 18.6. The topological polar surface area (TPSA) is 57.7 Å². The van der Waals surface area contributed by atoms with Gasteiger partial charge in [0, 0.05) is 37.6 Å². The van der Waals surface area contributed by atoms with Crippen LogP contribution in [0.2, 0.25) is 0 Å². The van der Waals surface area contributed by atoms with E-state index in [4.69, 9.17) is 4.74 Å². The van der Waals surface area contributed by atoms with Gasteiger partial charge in [-0.15, -0.1) is 11.3 Å². The molecule has 0 unspecified atom stereocenters. The van der Waals surface area contributed by atoms with Gasteiger partial charge in [0.25, 0.3) is 5.91 Å². The maximum Gasteiger partial charge on any atom is 0.267 e. The summed E-state index contributed by atoms with van der Waals surface area (Å²) in [6.07, 6.45) is 0. The van der Waals surface area contributed by atoms with Crippen LogP contribution in [-0.2, 0) is 6.61 Å². The van der Waals surface area contributed by atoms with Crippen molar-refractivity contribution in [1.29, 1.82) is 0 Å². The Kier molecular flexibility index (Phi) is 6.48. The predicted octanol–water partition coefficient (Wildman–Crippen LogP) is 4.17. The number of benzene rings is 2. The van der Waals surface area contributed by atoms with Crippen LogP contribution in [0.1, 0.15) is 20.4 Å². The third-order valence-electron chi connectivity index (χ3n) is 5.22. The molecule has 162 valence electrons. The number of piperazine rings is 1. The molecule has 0 aliphatic carbocycles. The van der Waals surface area contributed by atoms with E-state index >= 15 is 0 Å². The molecule has 2 heterocycles. The first-order valence-corrected chi connectivity index (χ1v) is 11.0. The summed E-state index contributed by atoms with van der Waals surface area (Å²) in [6, 6.07) is 13.8. The van der Waals surface area contributed by atoms with Gasteiger partial charge in [-0.25, -0.2) is 9.37 Å². The minimum atomic E-state index is -0.312. The number of amides is 1. The molecule has 6 nitrogen and oxygen atoms in total. The van der Waals surface area contributed by atoms with Crippen LogP contribution < -0.4 is 15.0 Å². The lowest BCUT2D eigenvalue weighted by Crippen LogP contribution is -2.44. The van der Waals surface area contributed by atoms with Crippen LogP contribution in [0.25, 0.3) is 0 Å². The van der Waals surface area contributed by atoms with Gasteiger partial charge in [-0.1, -0.05) is 0 Å². The molecular formula is C23H25FN4O2S. The normalized spacial score (nSPS) is 14.5. The van der Waals surface area contributed by atoms with Crippen LogP contribution in [0.4, 0.5) is 15.8 Å². The van der Waals surface area contributed by atoms with Crippen molar-refractivity contribution < 1.29 is 13.9 Å². The number of halogens is 1. The first-order chi connectivity index (χ1) is 15.0. The monoisotopic (exact) mass is 440 g/mol.